The average molecular weight is 226 g/mol. The van der Waals surface area contributed by atoms with Crippen molar-refractivity contribution >= 4 is 0 Å². The van der Waals surface area contributed by atoms with Crippen molar-refractivity contribution in [1.82, 2.24) is 0 Å². The first-order valence-corrected chi connectivity index (χ1v) is 4.00. The van der Waals surface area contributed by atoms with Crippen LogP contribution in [0.15, 0.2) is 0 Å². The van der Waals surface area contributed by atoms with E-state index in [-0.39, 0.29) is 27.9 Å². The summed E-state index contributed by atoms with van der Waals surface area (Å²) in [6, 6.07) is 0. The molecule has 0 fully saturated rings. The van der Waals surface area contributed by atoms with Gasteiger partial charge >= 0.3 is 17.1 Å². The molecule has 0 aromatic rings. The van der Waals surface area contributed by atoms with Gasteiger partial charge in [-0.2, -0.15) is 0 Å². The molecule has 1 heteroatoms. The molecular formula is C12H18Cu. The van der Waals surface area contributed by atoms with Crippen LogP contribution >= 0.6 is 0 Å². The number of rotatable bonds is 0. The maximum atomic E-state index is 6.60. The first-order valence-electron chi connectivity index (χ1n) is 4.00. The Morgan fingerprint density at radius 2 is 0.769 bits per heavy atom. The Labute approximate surface area is 94.4 Å². The fourth-order valence-corrected chi connectivity index (χ4v) is 0. The second kappa shape index (κ2) is 7.08. The summed E-state index contributed by atoms with van der Waals surface area (Å²) in [5.41, 5.74) is -0.0833. The van der Waals surface area contributed by atoms with E-state index in [1.54, 1.807) is 0 Å². The third-order valence-electron chi connectivity index (χ3n) is 0.750. The monoisotopic (exact) mass is 225 g/mol. The summed E-state index contributed by atoms with van der Waals surface area (Å²) in [6.45, 7) is 11.7. The molecule has 0 saturated carbocycles. The van der Waals surface area contributed by atoms with Crippen LogP contribution in [0.4, 0.5) is 0 Å². The van der Waals surface area contributed by atoms with E-state index < -0.39 is 0 Å². The van der Waals surface area contributed by atoms with E-state index in [2.05, 4.69) is 11.8 Å². The van der Waals surface area contributed by atoms with Crippen molar-refractivity contribution in [3.63, 3.8) is 0 Å². The molecule has 0 N–H and O–H groups in total. The standard InChI is InChI=1S/2C6H9.Cu/c2*1-5-6(2,3)4;/h2*2-4H3;/q2*-1;+2. The molecule has 0 aliphatic carbocycles. The molecule has 1 radical (unpaired) electrons. The van der Waals surface area contributed by atoms with Crippen molar-refractivity contribution in [3.05, 3.63) is 12.8 Å². The van der Waals surface area contributed by atoms with Gasteiger partial charge in [-0.3, -0.25) is 0 Å². The second-order valence-corrected chi connectivity index (χ2v) is 4.75. The molecule has 0 amide bonds. The molecule has 0 spiro atoms. The van der Waals surface area contributed by atoms with E-state index in [9.17, 15) is 0 Å². The van der Waals surface area contributed by atoms with Crippen LogP contribution in [0.3, 0.4) is 0 Å². The average Bonchev–Trinajstić information content (AvgIpc) is 1.86. The van der Waals surface area contributed by atoms with Gasteiger partial charge in [0.15, 0.2) is 0 Å². The third kappa shape index (κ3) is 34.0. The smallest absolute Gasteiger partial charge is 0.693 e. The molecule has 0 unspecified atom stereocenters. The summed E-state index contributed by atoms with van der Waals surface area (Å²) in [4.78, 5) is 0. The Kier molecular flexibility index (Phi) is 10.0. The molecule has 13 heavy (non-hydrogen) atoms. The molecule has 77 valence electrons. The van der Waals surface area contributed by atoms with Crippen LogP contribution in [0.1, 0.15) is 41.5 Å². The van der Waals surface area contributed by atoms with Gasteiger partial charge in [0.1, 0.15) is 0 Å². The predicted octanol–water partition coefficient (Wildman–Crippen LogP) is 3.24. The molecule has 0 aliphatic rings. The van der Waals surface area contributed by atoms with E-state index in [1.807, 2.05) is 41.5 Å². The van der Waals surface area contributed by atoms with Gasteiger partial charge in [0.25, 0.3) is 0 Å². The minimum Gasteiger partial charge on any atom is -0.693 e. The molecule has 0 bridgehead atoms. The van der Waals surface area contributed by atoms with E-state index in [0.29, 0.717) is 0 Å². The SMILES string of the molecule is [C-]#CC(C)(C)C.[C-]#CC(C)(C)C.[Cu+2]. The van der Waals surface area contributed by atoms with Crippen molar-refractivity contribution in [1.29, 1.82) is 0 Å². The number of hydrogen-bond donors (Lipinski definition) is 0. The topological polar surface area (TPSA) is 0 Å². The minimum absolute atomic E-state index is 0. The maximum Gasteiger partial charge on any atom is 2.00 e. The zero-order chi connectivity index (χ0) is 10.4. The van der Waals surface area contributed by atoms with Gasteiger partial charge in [0.05, 0.1) is 0 Å². The van der Waals surface area contributed by atoms with Gasteiger partial charge in [-0.15, -0.1) is 0 Å². The molecule has 0 heterocycles. The summed E-state index contributed by atoms with van der Waals surface area (Å²) >= 11 is 0. The third-order valence-corrected chi connectivity index (χ3v) is 0.750. The van der Waals surface area contributed by atoms with Gasteiger partial charge in [-0.1, -0.05) is 41.5 Å². The van der Waals surface area contributed by atoms with Crippen LogP contribution < -0.4 is 0 Å². The predicted molar refractivity (Wildman–Crippen MR) is 53.2 cm³/mol. The molecule has 0 atom stereocenters. The van der Waals surface area contributed by atoms with Crippen LogP contribution in [0.5, 0.6) is 0 Å². The van der Waals surface area contributed by atoms with Gasteiger partial charge in [0, 0.05) is 0 Å². The zero-order valence-electron chi connectivity index (χ0n) is 9.30. The van der Waals surface area contributed by atoms with Crippen LogP contribution in [0.2, 0.25) is 0 Å². The van der Waals surface area contributed by atoms with Crippen molar-refractivity contribution in [2.24, 2.45) is 10.8 Å². The summed E-state index contributed by atoms with van der Waals surface area (Å²) in [7, 11) is 0. The fourth-order valence-electron chi connectivity index (χ4n) is 0. The van der Waals surface area contributed by atoms with Gasteiger partial charge in [-0.25, -0.2) is 0 Å². The normalized spacial score (nSPS) is 9.54. The first-order chi connectivity index (χ1) is 5.12. The molecule has 0 aliphatic heterocycles. The largest absolute Gasteiger partial charge is 2.00 e. The summed E-state index contributed by atoms with van der Waals surface area (Å²) in [5.74, 6) is 4.71. The summed E-state index contributed by atoms with van der Waals surface area (Å²) in [6.07, 6.45) is 13.2. The van der Waals surface area contributed by atoms with Gasteiger partial charge in [-0.05, 0) is 10.8 Å². The Morgan fingerprint density at radius 1 is 0.692 bits per heavy atom. The van der Waals surface area contributed by atoms with E-state index in [0.717, 1.165) is 0 Å². The van der Waals surface area contributed by atoms with Gasteiger partial charge < -0.3 is 24.7 Å². The van der Waals surface area contributed by atoms with E-state index in [1.165, 1.54) is 0 Å². The maximum absolute atomic E-state index is 6.60. The Bertz CT molecular complexity index is 163. The Hall–Kier alpha value is -0.361. The second-order valence-electron chi connectivity index (χ2n) is 4.75. The number of hydrogen-bond acceptors (Lipinski definition) is 0. The zero-order valence-corrected chi connectivity index (χ0v) is 10.2. The van der Waals surface area contributed by atoms with Crippen LogP contribution in [-0.4, -0.2) is 0 Å². The van der Waals surface area contributed by atoms with Crippen LogP contribution in [-0.2, 0) is 17.1 Å². The molecule has 0 rings (SSSR count). The van der Waals surface area contributed by atoms with Crippen molar-refractivity contribution in [2.75, 3.05) is 0 Å². The molecule has 0 aromatic heterocycles. The fraction of sp³-hybridized carbons (Fsp3) is 0.667. The van der Waals surface area contributed by atoms with E-state index in [4.69, 9.17) is 12.8 Å². The van der Waals surface area contributed by atoms with Gasteiger partial charge in [0.2, 0.25) is 0 Å². The minimum atomic E-state index is -0.0417. The Balaban J connectivity index is -0.000000143. The summed E-state index contributed by atoms with van der Waals surface area (Å²) in [5, 5.41) is 0. The van der Waals surface area contributed by atoms with Crippen molar-refractivity contribution < 1.29 is 17.1 Å². The Morgan fingerprint density at radius 3 is 0.769 bits per heavy atom. The summed E-state index contributed by atoms with van der Waals surface area (Å²) < 4.78 is 0. The van der Waals surface area contributed by atoms with Crippen LogP contribution in [0.25, 0.3) is 0 Å². The van der Waals surface area contributed by atoms with Crippen LogP contribution in [0, 0.1) is 35.5 Å². The van der Waals surface area contributed by atoms with Crippen molar-refractivity contribution in [3.8, 4) is 11.8 Å². The molecule has 0 nitrogen and oxygen atoms in total. The van der Waals surface area contributed by atoms with E-state index >= 15 is 0 Å². The molecule has 0 saturated heterocycles. The molecular weight excluding hydrogens is 208 g/mol. The first kappa shape index (κ1) is 18.4. The van der Waals surface area contributed by atoms with Crippen molar-refractivity contribution in [2.45, 2.75) is 41.5 Å². The quantitative estimate of drug-likeness (QED) is 0.337. The molecule has 0 aromatic carbocycles.